The van der Waals surface area contributed by atoms with Crippen LogP contribution in [-0.2, 0) is 6.54 Å². The number of aliphatic hydroxyl groups excluding tert-OH is 1. The lowest BCUT2D eigenvalue weighted by molar-refractivity contribution is 0.0701. The van der Waals surface area contributed by atoms with Gasteiger partial charge in [0, 0.05) is 51.7 Å². The summed E-state index contributed by atoms with van der Waals surface area (Å²) in [7, 11) is 0. The van der Waals surface area contributed by atoms with Crippen LogP contribution in [0.1, 0.15) is 22.8 Å². The summed E-state index contributed by atoms with van der Waals surface area (Å²) in [6.07, 6.45) is 3.30. The minimum Gasteiger partial charge on any atom is -0.387 e. The van der Waals surface area contributed by atoms with Crippen LogP contribution >= 0.6 is 0 Å². The van der Waals surface area contributed by atoms with Crippen LogP contribution in [0.25, 0.3) is 0 Å². The summed E-state index contributed by atoms with van der Waals surface area (Å²) < 4.78 is 0. The average Bonchev–Trinajstić information content (AvgIpc) is 2.58. The fourth-order valence-corrected chi connectivity index (χ4v) is 3.01. The Morgan fingerprint density at radius 3 is 2.22 bits per heavy atom. The molecule has 0 spiro atoms. The summed E-state index contributed by atoms with van der Waals surface area (Å²) in [5.41, 5.74) is 3.55. The van der Waals surface area contributed by atoms with Gasteiger partial charge in [-0.3, -0.25) is 14.8 Å². The van der Waals surface area contributed by atoms with Gasteiger partial charge in [-0.05, 0) is 30.2 Å². The maximum Gasteiger partial charge on any atom is 0.0916 e. The van der Waals surface area contributed by atoms with E-state index in [0.29, 0.717) is 6.54 Å². The Morgan fingerprint density at radius 2 is 1.57 bits per heavy atom. The van der Waals surface area contributed by atoms with Crippen molar-refractivity contribution in [2.24, 2.45) is 0 Å². The summed E-state index contributed by atoms with van der Waals surface area (Å²) in [4.78, 5) is 8.88. The molecule has 0 saturated carbocycles. The lowest BCUT2D eigenvalue weighted by Gasteiger charge is -2.35. The molecule has 1 aromatic carbocycles. The number of benzene rings is 1. The lowest BCUT2D eigenvalue weighted by Crippen LogP contribution is -2.47. The molecule has 1 saturated heterocycles. The zero-order chi connectivity index (χ0) is 16.1. The van der Waals surface area contributed by atoms with Crippen molar-refractivity contribution in [1.82, 2.24) is 14.8 Å². The van der Waals surface area contributed by atoms with E-state index >= 15 is 0 Å². The predicted octanol–water partition coefficient (Wildman–Crippen LogP) is 2.24. The second kappa shape index (κ2) is 7.68. The first-order valence-electron chi connectivity index (χ1n) is 8.29. The van der Waals surface area contributed by atoms with Gasteiger partial charge in [-0.25, -0.2) is 0 Å². The van der Waals surface area contributed by atoms with Crippen LogP contribution in [0.15, 0.2) is 48.8 Å². The van der Waals surface area contributed by atoms with Crippen molar-refractivity contribution in [1.29, 1.82) is 0 Å². The highest BCUT2D eigenvalue weighted by Gasteiger charge is 2.19. The molecule has 0 amide bonds. The SMILES string of the molecule is Cc1ccc(C(O)CN2CCN(Cc3ccncc3)CC2)cc1. The number of aromatic nitrogens is 1. The number of pyridine rings is 1. The van der Waals surface area contributed by atoms with Crippen LogP contribution < -0.4 is 0 Å². The molecule has 23 heavy (non-hydrogen) atoms. The van der Waals surface area contributed by atoms with E-state index in [1.165, 1.54) is 11.1 Å². The van der Waals surface area contributed by atoms with Crippen LogP contribution in [0, 0.1) is 6.92 Å². The third-order valence-electron chi connectivity index (χ3n) is 4.51. The van der Waals surface area contributed by atoms with E-state index < -0.39 is 6.10 Å². The second-order valence-corrected chi connectivity index (χ2v) is 6.36. The molecule has 1 fully saturated rings. The molecule has 4 nitrogen and oxygen atoms in total. The Kier molecular flexibility index (Phi) is 5.39. The van der Waals surface area contributed by atoms with Crippen LogP contribution in [0.4, 0.5) is 0 Å². The molecule has 1 atom stereocenters. The van der Waals surface area contributed by atoms with E-state index in [0.717, 1.165) is 38.3 Å². The summed E-state index contributed by atoms with van der Waals surface area (Å²) in [5.74, 6) is 0. The molecule has 1 N–H and O–H groups in total. The van der Waals surface area contributed by atoms with Crippen LogP contribution in [0.3, 0.4) is 0 Å². The number of rotatable bonds is 5. The molecule has 3 rings (SSSR count). The zero-order valence-corrected chi connectivity index (χ0v) is 13.7. The van der Waals surface area contributed by atoms with E-state index in [-0.39, 0.29) is 0 Å². The van der Waals surface area contributed by atoms with Crippen molar-refractivity contribution >= 4 is 0 Å². The van der Waals surface area contributed by atoms with Gasteiger partial charge < -0.3 is 5.11 Å². The molecule has 1 aromatic heterocycles. The van der Waals surface area contributed by atoms with Crippen molar-refractivity contribution in [3.63, 3.8) is 0 Å². The van der Waals surface area contributed by atoms with E-state index in [1.54, 1.807) is 0 Å². The highest BCUT2D eigenvalue weighted by molar-refractivity contribution is 5.23. The third-order valence-corrected chi connectivity index (χ3v) is 4.51. The van der Waals surface area contributed by atoms with Gasteiger partial charge in [-0.15, -0.1) is 0 Å². The van der Waals surface area contributed by atoms with Crippen molar-refractivity contribution in [3.05, 3.63) is 65.5 Å². The number of piperazine rings is 1. The molecule has 0 aliphatic carbocycles. The fraction of sp³-hybridized carbons (Fsp3) is 0.421. The quantitative estimate of drug-likeness (QED) is 0.919. The topological polar surface area (TPSA) is 39.6 Å². The van der Waals surface area contributed by atoms with Gasteiger partial charge in [0.15, 0.2) is 0 Å². The largest absolute Gasteiger partial charge is 0.387 e. The van der Waals surface area contributed by atoms with E-state index in [1.807, 2.05) is 24.5 Å². The minimum atomic E-state index is -0.401. The smallest absolute Gasteiger partial charge is 0.0916 e. The van der Waals surface area contributed by atoms with Crippen molar-refractivity contribution in [3.8, 4) is 0 Å². The first kappa shape index (κ1) is 16.1. The van der Waals surface area contributed by atoms with Gasteiger partial charge in [0.05, 0.1) is 6.10 Å². The number of nitrogens with zero attached hydrogens (tertiary/aromatic N) is 3. The molecule has 2 heterocycles. The van der Waals surface area contributed by atoms with Gasteiger partial charge in [0.25, 0.3) is 0 Å². The molecular formula is C19H25N3O. The first-order chi connectivity index (χ1) is 11.2. The minimum absolute atomic E-state index is 0.401. The van der Waals surface area contributed by atoms with Gasteiger partial charge in [-0.2, -0.15) is 0 Å². The molecule has 0 bridgehead atoms. The summed E-state index contributed by atoms with van der Waals surface area (Å²) in [6, 6.07) is 12.3. The summed E-state index contributed by atoms with van der Waals surface area (Å²) >= 11 is 0. The van der Waals surface area contributed by atoms with Gasteiger partial charge in [0.2, 0.25) is 0 Å². The van der Waals surface area contributed by atoms with Crippen LogP contribution in [-0.4, -0.2) is 52.6 Å². The monoisotopic (exact) mass is 311 g/mol. The van der Waals surface area contributed by atoms with Crippen molar-refractivity contribution in [2.45, 2.75) is 19.6 Å². The second-order valence-electron chi connectivity index (χ2n) is 6.36. The van der Waals surface area contributed by atoms with Crippen LogP contribution in [0.2, 0.25) is 0 Å². The van der Waals surface area contributed by atoms with Crippen LogP contribution in [0.5, 0.6) is 0 Å². The number of hydrogen-bond acceptors (Lipinski definition) is 4. The Morgan fingerprint density at radius 1 is 0.957 bits per heavy atom. The normalized spacial score (nSPS) is 18.0. The Labute approximate surface area is 138 Å². The Hall–Kier alpha value is -1.75. The molecule has 1 unspecified atom stereocenters. The lowest BCUT2D eigenvalue weighted by atomic mass is 10.1. The zero-order valence-electron chi connectivity index (χ0n) is 13.7. The van der Waals surface area contributed by atoms with E-state index in [4.69, 9.17) is 0 Å². The van der Waals surface area contributed by atoms with Gasteiger partial charge in [0.1, 0.15) is 0 Å². The average molecular weight is 311 g/mol. The molecular weight excluding hydrogens is 286 g/mol. The summed E-state index contributed by atoms with van der Waals surface area (Å²) in [5, 5.41) is 10.4. The predicted molar refractivity (Wildman–Crippen MR) is 92.1 cm³/mol. The Balaban J connectivity index is 1.46. The number of hydrogen-bond donors (Lipinski definition) is 1. The molecule has 1 aliphatic heterocycles. The van der Waals surface area contributed by atoms with E-state index in [2.05, 4.69) is 46.0 Å². The highest BCUT2D eigenvalue weighted by atomic mass is 16.3. The standard InChI is InChI=1S/C19H25N3O/c1-16-2-4-18(5-3-16)19(23)15-22-12-10-21(11-13-22)14-17-6-8-20-9-7-17/h2-9,19,23H,10-15H2,1H3. The maximum atomic E-state index is 10.4. The fourth-order valence-electron chi connectivity index (χ4n) is 3.01. The maximum absolute atomic E-state index is 10.4. The van der Waals surface area contributed by atoms with Crippen molar-refractivity contribution in [2.75, 3.05) is 32.7 Å². The number of aryl methyl sites for hydroxylation is 1. The highest BCUT2D eigenvalue weighted by Crippen LogP contribution is 2.16. The molecule has 4 heteroatoms. The van der Waals surface area contributed by atoms with Crippen molar-refractivity contribution < 1.29 is 5.11 Å². The first-order valence-corrected chi connectivity index (χ1v) is 8.29. The molecule has 0 radical (unpaired) electrons. The molecule has 122 valence electrons. The van der Waals surface area contributed by atoms with Gasteiger partial charge >= 0.3 is 0 Å². The molecule has 1 aliphatic rings. The Bertz CT molecular complexity index is 592. The summed E-state index contributed by atoms with van der Waals surface area (Å²) in [6.45, 7) is 7.87. The number of β-amino-alcohol motifs (C(OH)–C–C–N with tert-alkyl or cyclic N) is 1. The number of aliphatic hydroxyl groups is 1. The third kappa shape index (κ3) is 4.61. The van der Waals surface area contributed by atoms with E-state index in [9.17, 15) is 5.11 Å². The molecule has 2 aromatic rings. The van der Waals surface area contributed by atoms with Gasteiger partial charge in [-0.1, -0.05) is 29.8 Å².